The Balaban J connectivity index is 5.30. The maximum atomic E-state index is 13.1. The van der Waals surface area contributed by atoms with Crippen LogP contribution < -0.4 is 0 Å². The fraction of sp³-hybridized carbons (Fsp3) is 0.901. The molecule has 0 aliphatic carbocycles. The Morgan fingerprint density at radius 2 is 0.460 bits per heavy atom. The number of allylic oxidation sites excluding steroid dienone is 4. The average molecular weight is 1460 g/mol. The SMILES string of the molecule is CCCCCC/C=C\CCCCCCCCCC(=O)OC[C@H](COP(=O)(O)OC[C@@H](O)COP(=O)(O)OC[C@@H](COC(=O)CCCCCCCCCCCCCCCCC)OC(=O)CCCCCCC/C=C\CCCCCCCC)OC(=O)CCCCCCCCCCCCCCCCC. The predicted octanol–water partition coefficient (Wildman–Crippen LogP) is 24.1. The van der Waals surface area contributed by atoms with E-state index >= 15 is 0 Å². The van der Waals surface area contributed by atoms with Gasteiger partial charge in [-0.25, -0.2) is 9.13 Å². The summed E-state index contributed by atoms with van der Waals surface area (Å²) in [6.07, 6.45) is 69.9. The van der Waals surface area contributed by atoms with Gasteiger partial charge in [-0.15, -0.1) is 0 Å². The van der Waals surface area contributed by atoms with Crippen molar-refractivity contribution in [2.75, 3.05) is 39.6 Å². The van der Waals surface area contributed by atoms with Crippen LogP contribution >= 0.6 is 15.6 Å². The fourth-order valence-electron chi connectivity index (χ4n) is 12.0. The maximum absolute atomic E-state index is 13.1. The number of ether oxygens (including phenoxy) is 4. The fourth-order valence-corrected chi connectivity index (χ4v) is 13.6. The number of phosphoric acid groups is 2. The molecule has 19 heteroatoms. The smallest absolute Gasteiger partial charge is 0.462 e. The zero-order valence-electron chi connectivity index (χ0n) is 64.7. The van der Waals surface area contributed by atoms with Gasteiger partial charge in [-0.3, -0.25) is 37.3 Å². The van der Waals surface area contributed by atoms with Crippen molar-refractivity contribution in [2.45, 2.75) is 431 Å². The summed E-state index contributed by atoms with van der Waals surface area (Å²) in [5.74, 6) is -2.13. The van der Waals surface area contributed by atoms with Gasteiger partial charge in [0.05, 0.1) is 26.4 Å². The topological polar surface area (TPSA) is 237 Å². The quantitative estimate of drug-likeness (QED) is 0.0169. The minimum absolute atomic E-state index is 0.0942. The van der Waals surface area contributed by atoms with Gasteiger partial charge in [0.2, 0.25) is 0 Å². The summed E-state index contributed by atoms with van der Waals surface area (Å²) in [5.41, 5.74) is 0. The van der Waals surface area contributed by atoms with Crippen molar-refractivity contribution in [3.63, 3.8) is 0 Å². The maximum Gasteiger partial charge on any atom is 0.472 e. The molecule has 2 unspecified atom stereocenters. The number of hydrogen-bond donors (Lipinski definition) is 3. The van der Waals surface area contributed by atoms with Gasteiger partial charge in [-0.2, -0.15) is 0 Å². The van der Waals surface area contributed by atoms with Crippen LogP contribution in [-0.4, -0.2) is 96.7 Å². The van der Waals surface area contributed by atoms with E-state index in [4.69, 9.17) is 37.0 Å². The highest BCUT2D eigenvalue weighted by Crippen LogP contribution is 2.45. The molecular weight excluding hydrogens is 1310 g/mol. The normalized spacial score (nSPS) is 13.9. The monoisotopic (exact) mass is 1460 g/mol. The average Bonchev–Trinajstić information content (AvgIpc) is 1.01. The van der Waals surface area contributed by atoms with E-state index in [1.165, 1.54) is 212 Å². The second kappa shape index (κ2) is 74.8. The summed E-state index contributed by atoms with van der Waals surface area (Å²) >= 11 is 0. The molecule has 0 aromatic rings. The molecule has 0 aliphatic rings. The number of rotatable bonds is 80. The van der Waals surface area contributed by atoms with E-state index in [-0.39, 0.29) is 25.7 Å². The van der Waals surface area contributed by atoms with Gasteiger partial charge >= 0.3 is 39.5 Å². The summed E-state index contributed by atoms with van der Waals surface area (Å²) in [5, 5.41) is 10.6. The molecule has 3 N–H and O–H groups in total. The first-order valence-electron chi connectivity index (χ1n) is 41.6. The molecule has 0 aromatic heterocycles. The summed E-state index contributed by atoms with van der Waals surface area (Å²) in [6, 6.07) is 0. The Bertz CT molecular complexity index is 1990. The molecule has 0 spiro atoms. The van der Waals surface area contributed by atoms with Crippen LogP contribution in [0.5, 0.6) is 0 Å². The van der Waals surface area contributed by atoms with Crippen molar-refractivity contribution in [3.8, 4) is 0 Å². The van der Waals surface area contributed by atoms with Crippen LogP contribution in [0.1, 0.15) is 413 Å². The summed E-state index contributed by atoms with van der Waals surface area (Å²) in [7, 11) is -9.93. The molecule has 0 bridgehead atoms. The molecule has 0 radical (unpaired) electrons. The first-order chi connectivity index (χ1) is 48.7. The van der Waals surface area contributed by atoms with Crippen molar-refractivity contribution in [1.29, 1.82) is 0 Å². The third kappa shape index (κ3) is 73.8. The Morgan fingerprint density at radius 3 is 0.700 bits per heavy atom. The highest BCUT2D eigenvalue weighted by Gasteiger charge is 2.30. The first kappa shape index (κ1) is 97.5. The number of phosphoric ester groups is 2. The van der Waals surface area contributed by atoms with Crippen LogP contribution in [0.2, 0.25) is 0 Å². The number of aliphatic hydroxyl groups is 1. The summed E-state index contributed by atoms with van der Waals surface area (Å²) < 4.78 is 68.7. The van der Waals surface area contributed by atoms with E-state index in [0.29, 0.717) is 25.7 Å². The Hall–Kier alpha value is -2.46. The van der Waals surface area contributed by atoms with E-state index in [1.807, 2.05) is 0 Å². The zero-order chi connectivity index (χ0) is 73.2. The molecule has 590 valence electrons. The van der Waals surface area contributed by atoms with E-state index in [1.54, 1.807) is 0 Å². The number of unbranched alkanes of at least 4 members (excludes halogenated alkanes) is 50. The third-order valence-corrected chi connectivity index (χ3v) is 20.3. The molecule has 0 rings (SSSR count). The van der Waals surface area contributed by atoms with Crippen molar-refractivity contribution < 1.29 is 80.2 Å². The van der Waals surface area contributed by atoms with Gasteiger partial charge in [-0.05, 0) is 77.0 Å². The van der Waals surface area contributed by atoms with Gasteiger partial charge in [0.25, 0.3) is 0 Å². The minimum atomic E-state index is -4.97. The number of carbonyl (C=O) groups excluding carboxylic acids is 4. The lowest BCUT2D eigenvalue weighted by molar-refractivity contribution is -0.161. The molecule has 100 heavy (non-hydrogen) atoms. The highest BCUT2D eigenvalue weighted by atomic mass is 31.2. The lowest BCUT2D eigenvalue weighted by Crippen LogP contribution is -2.30. The third-order valence-electron chi connectivity index (χ3n) is 18.4. The molecule has 5 atom stereocenters. The largest absolute Gasteiger partial charge is 0.472 e. The zero-order valence-corrected chi connectivity index (χ0v) is 66.5. The summed E-state index contributed by atoms with van der Waals surface area (Å²) in [6.45, 7) is 4.97. The summed E-state index contributed by atoms with van der Waals surface area (Å²) in [4.78, 5) is 73.1. The molecule has 0 aliphatic heterocycles. The molecule has 0 amide bonds. The number of aliphatic hydroxyl groups excluding tert-OH is 1. The van der Waals surface area contributed by atoms with E-state index < -0.39 is 97.5 Å². The molecule has 0 saturated carbocycles. The number of hydrogen-bond acceptors (Lipinski definition) is 15. The van der Waals surface area contributed by atoms with Crippen molar-refractivity contribution in [1.82, 2.24) is 0 Å². The standard InChI is InChI=1S/C81H154O17P2/c1-5-9-13-17-21-25-29-33-37-41-45-49-53-57-61-65-78(83)91-71-76(97-80(85)67-63-59-55-51-47-43-39-35-31-27-23-19-15-11-7-3)73-95-99(87,88)93-69-75(82)70-94-100(89,90)96-74-77(98-81(86)68-64-60-56-52-48-44-40-36-32-28-24-20-16-12-8-4)72-92-79(84)66-62-58-54-50-46-42-38-34-30-26-22-18-14-10-6-2/h25,29,36,40,75-77,82H,5-24,26-28,30-35,37-39,41-74H2,1-4H3,(H,87,88)(H,89,90)/b29-25-,40-36-/t75-,76-,77-/m1/s1. The Labute approximate surface area is 612 Å². The van der Waals surface area contributed by atoms with Crippen LogP contribution in [0.3, 0.4) is 0 Å². The highest BCUT2D eigenvalue weighted by molar-refractivity contribution is 7.47. The second-order valence-corrected chi connectivity index (χ2v) is 31.3. The second-order valence-electron chi connectivity index (χ2n) is 28.4. The molecule has 0 aromatic carbocycles. The van der Waals surface area contributed by atoms with Crippen molar-refractivity contribution in [2.24, 2.45) is 0 Å². The number of carbonyl (C=O) groups is 4. The van der Waals surface area contributed by atoms with Crippen LogP contribution in [0.15, 0.2) is 24.3 Å². The van der Waals surface area contributed by atoms with E-state index in [0.717, 1.165) is 122 Å². The molecular formula is C81H154O17P2. The number of esters is 4. The van der Waals surface area contributed by atoms with Gasteiger partial charge in [-0.1, -0.05) is 335 Å². The Kier molecular flexibility index (Phi) is 73.0. The van der Waals surface area contributed by atoms with Crippen LogP contribution in [0.4, 0.5) is 0 Å². The van der Waals surface area contributed by atoms with Crippen LogP contribution in [-0.2, 0) is 65.4 Å². The van der Waals surface area contributed by atoms with Gasteiger partial charge in [0.15, 0.2) is 12.2 Å². The van der Waals surface area contributed by atoms with E-state index in [2.05, 4.69) is 52.0 Å². The first-order valence-corrected chi connectivity index (χ1v) is 44.6. The predicted molar refractivity (Wildman–Crippen MR) is 409 cm³/mol. The van der Waals surface area contributed by atoms with Crippen molar-refractivity contribution >= 4 is 39.5 Å². The minimum Gasteiger partial charge on any atom is -0.462 e. The van der Waals surface area contributed by atoms with Gasteiger partial charge < -0.3 is 33.8 Å². The Morgan fingerprint density at radius 1 is 0.270 bits per heavy atom. The van der Waals surface area contributed by atoms with Gasteiger partial charge in [0.1, 0.15) is 19.3 Å². The lowest BCUT2D eigenvalue weighted by atomic mass is 10.0. The van der Waals surface area contributed by atoms with Crippen LogP contribution in [0, 0.1) is 0 Å². The molecule has 0 fully saturated rings. The van der Waals surface area contributed by atoms with Gasteiger partial charge in [0, 0.05) is 25.7 Å². The molecule has 17 nitrogen and oxygen atoms in total. The van der Waals surface area contributed by atoms with Crippen molar-refractivity contribution in [3.05, 3.63) is 24.3 Å². The van der Waals surface area contributed by atoms with Crippen LogP contribution in [0.25, 0.3) is 0 Å². The lowest BCUT2D eigenvalue weighted by Gasteiger charge is -2.21. The van der Waals surface area contributed by atoms with E-state index in [9.17, 15) is 43.2 Å². The molecule has 0 saturated heterocycles. The molecule has 0 heterocycles.